The second kappa shape index (κ2) is 4.38. The standard InChI is InChI=1S/C13H15N5O/c1-7-4-10(9(3)19-7)8(2)18-13-11-12(15-5-14-11)16-6-17-13/h4-6,8H,1-3H3,(H2,14,15,16,17,18)/t8-/m1/s1. The Morgan fingerprint density at radius 3 is 2.84 bits per heavy atom. The van der Waals surface area contributed by atoms with E-state index in [4.69, 9.17) is 4.42 Å². The van der Waals surface area contributed by atoms with Gasteiger partial charge in [0.25, 0.3) is 0 Å². The fraction of sp³-hybridized carbons (Fsp3) is 0.308. The number of fused-ring (bicyclic) bond motifs is 1. The summed E-state index contributed by atoms with van der Waals surface area (Å²) in [4.78, 5) is 15.5. The van der Waals surface area contributed by atoms with Crippen molar-refractivity contribution in [1.82, 2.24) is 19.9 Å². The van der Waals surface area contributed by atoms with Gasteiger partial charge in [0.05, 0.1) is 12.4 Å². The van der Waals surface area contributed by atoms with E-state index in [9.17, 15) is 0 Å². The molecule has 0 saturated carbocycles. The molecule has 98 valence electrons. The minimum absolute atomic E-state index is 0.0962. The van der Waals surface area contributed by atoms with Gasteiger partial charge >= 0.3 is 0 Å². The van der Waals surface area contributed by atoms with Crippen molar-refractivity contribution in [3.8, 4) is 0 Å². The van der Waals surface area contributed by atoms with Gasteiger partial charge in [-0.15, -0.1) is 0 Å². The fourth-order valence-corrected chi connectivity index (χ4v) is 2.24. The van der Waals surface area contributed by atoms with E-state index in [0.29, 0.717) is 5.65 Å². The first kappa shape index (κ1) is 11.7. The third kappa shape index (κ3) is 2.05. The molecule has 3 heterocycles. The van der Waals surface area contributed by atoms with Crippen molar-refractivity contribution >= 4 is 17.0 Å². The first-order valence-corrected chi connectivity index (χ1v) is 6.12. The maximum Gasteiger partial charge on any atom is 0.182 e. The van der Waals surface area contributed by atoms with Gasteiger partial charge < -0.3 is 14.7 Å². The molecule has 0 fully saturated rings. The van der Waals surface area contributed by atoms with Crippen molar-refractivity contribution in [2.75, 3.05) is 5.32 Å². The minimum Gasteiger partial charge on any atom is -0.466 e. The van der Waals surface area contributed by atoms with Crippen LogP contribution in [0.3, 0.4) is 0 Å². The molecule has 0 aromatic carbocycles. The summed E-state index contributed by atoms with van der Waals surface area (Å²) in [5.41, 5.74) is 2.60. The number of nitrogens with zero attached hydrogens (tertiary/aromatic N) is 3. The number of H-pyrrole nitrogens is 1. The van der Waals surface area contributed by atoms with Crippen LogP contribution in [0.1, 0.15) is 30.0 Å². The zero-order chi connectivity index (χ0) is 13.4. The zero-order valence-electron chi connectivity index (χ0n) is 11.1. The molecule has 0 saturated heterocycles. The zero-order valence-corrected chi connectivity index (χ0v) is 11.1. The SMILES string of the molecule is Cc1cc([C@@H](C)Nc2ncnc3nc[nH]c23)c(C)o1. The van der Waals surface area contributed by atoms with E-state index in [2.05, 4.69) is 32.2 Å². The molecule has 0 spiro atoms. The average molecular weight is 257 g/mol. The molecule has 0 aliphatic carbocycles. The topological polar surface area (TPSA) is 79.6 Å². The average Bonchev–Trinajstić information content (AvgIpc) is 2.96. The van der Waals surface area contributed by atoms with E-state index in [1.807, 2.05) is 19.9 Å². The van der Waals surface area contributed by atoms with Crippen molar-refractivity contribution in [3.63, 3.8) is 0 Å². The van der Waals surface area contributed by atoms with E-state index in [-0.39, 0.29) is 6.04 Å². The second-order valence-corrected chi connectivity index (χ2v) is 4.56. The van der Waals surface area contributed by atoms with E-state index in [1.54, 1.807) is 6.33 Å². The molecule has 0 aliphatic heterocycles. The van der Waals surface area contributed by atoms with Crippen LogP contribution >= 0.6 is 0 Å². The number of aryl methyl sites for hydroxylation is 2. The van der Waals surface area contributed by atoms with Gasteiger partial charge in [-0.3, -0.25) is 0 Å². The van der Waals surface area contributed by atoms with Gasteiger partial charge in [-0.1, -0.05) is 0 Å². The van der Waals surface area contributed by atoms with Gasteiger partial charge in [0.1, 0.15) is 23.4 Å². The number of hydrogen-bond donors (Lipinski definition) is 2. The Morgan fingerprint density at radius 1 is 1.26 bits per heavy atom. The number of anilines is 1. The summed E-state index contributed by atoms with van der Waals surface area (Å²) in [5, 5.41) is 3.36. The van der Waals surface area contributed by atoms with Gasteiger partial charge in [0.2, 0.25) is 0 Å². The van der Waals surface area contributed by atoms with Crippen LogP contribution in [0.25, 0.3) is 11.2 Å². The van der Waals surface area contributed by atoms with Crippen molar-refractivity contribution in [1.29, 1.82) is 0 Å². The Morgan fingerprint density at radius 2 is 2.11 bits per heavy atom. The van der Waals surface area contributed by atoms with Crippen molar-refractivity contribution in [3.05, 3.63) is 35.8 Å². The van der Waals surface area contributed by atoms with E-state index in [0.717, 1.165) is 28.4 Å². The number of imidazole rings is 1. The maximum absolute atomic E-state index is 5.55. The summed E-state index contributed by atoms with van der Waals surface area (Å²) in [6.07, 6.45) is 3.12. The van der Waals surface area contributed by atoms with Crippen LogP contribution in [0, 0.1) is 13.8 Å². The highest BCUT2D eigenvalue weighted by molar-refractivity contribution is 5.82. The Hall–Kier alpha value is -2.37. The van der Waals surface area contributed by atoms with Gasteiger partial charge in [-0.25, -0.2) is 15.0 Å². The Bertz CT molecular complexity index is 715. The van der Waals surface area contributed by atoms with Gasteiger partial charge in [0, 0.05) is 5.56 Å². The van der Waals surface area contributed by atoms with Gasteiger partial charge in [-0.2, -0.15) is 0 Å². The van der Waals surface area contributed by atoms with Crippen molar-refractivity contribution in [2.45, 2.75) is 26.8 Å². The number of nitrogens with one attached hydrogen (secondary N) is 2. The summed E-state index contributed by atoms with van der Waals surface area (Å²) < 4.78 is 5.55. The number of rotatable bonds is 3. The van der Waals surface area contributed by atoms with Crippen molar-refractivity contribution < 1.29 is 4.42 Å². The third-order valence-electron chi connectivity index (χ3n) is 3.12. The number of furan rings is 1. The lowest BCUT2D eigenvalue weighted by molar-refractivity contribution is 0.500. The molecule has 0 aliphatic rings. The van der Waals surface area contributed by atoms with Crippen LogP contribution in [0.4, 0.5) is 5.82 Å². The normalized spacial score (nSPS) is 12.8. The molecule has 1 atom stereocenters. The lowest BCUT2D eigenvalue weighted by atomic mass is 10.1. The number of hydrogen-bond acceptors (Lipinski definition) is 5. The molecule has 3 rings (SSSR count). The molecule has 2 N–H and O–H groups in total. The second-order valence-electron chi connectivity index (χ2n) is 4.56. The summed E-state index contributed by atoms with van der Waals surface area (Å²) >= 11 is 0. The molecule has 0 radical (unpaired) electrons. The Balaban J connectivity index is 1.92. The largest absolute Gasteiger partial charge is 0.466 e. The smallest absolute Gasteiger partial charge is 0.182 e. The van der Waals surface area contributed by atoms with Crippen LogP contribution in [0.15, 0.2) is 23.1 Å². The molecule has 3 aromatic rings. The molecular formula is C13H15N5O. The molecule has 6 nitrogen and oxygen atoms in total. The first-order valence-electron chi connectivity index (χ1n) is 6.12. The highest BCUT2D eigenvalue weighted by Gasteiger charge is 2.15. The van der Waals surface area contributed by atoms with Gasteiger partial charge in [0.15, 0.2) is 11.5 Å². The maximum atomic E-state index is 5.55. The Kier molecular flexibility index (Phi) is 2.70. The fourth-order valence-electron chi connectivity index (χ4n) is 2.24. The number of aromatic amines is 1. The monoisotopic (exact) mass is 257 g/mol. The highest BCUT2D eigenvalue weighted by Crippen LogP contribution is 2.25. The highest BCUT2D eigenvalue weighted by atomic mass is 16.3. The van der Waals surface area contributed by atoms with E-state index in [1.165, 1.54) is 6.33 Å². The summed E-state index contributed by atoms with van der Waals surface area (Å²) in [6.45, 7) is 5.98. The molecule has 3 aromatic heterocycles. The first-order chi connectivity index (χ1) is 9.15. The molecule has 0 amide bonds. The molecule has 0 unspecified atom stereocenters. The molecule has 6 heteroatoms. The van der Waals surface area contributed by atoms with Gasteiger partial charge in [-0.05, 0) is 26.8 Å². The third-order valence-corrected chi connectivity index (χ3v) is 3.12. The van der Waals surface area contributed by atoms with Crippen LogP contribution in [0.5, 0.6) is 0 Å². The predicted molar refractivity (Wildman–Crippen MR) is 71.9 cm³/mol. The van der Waals surface area contributed by atoms with Crippen LogP contribution < -0.4 is 5.32 Å². The molecular weight excluding hydrogens is 242 g/mol. The lowest BCUT2D eigenvalue weighted by Gasteiger charge is -2.13. The number of aromatic nitrogens is 4. The molecule has 19 heavy (non-hydrogen) atoms. The van der Waals surface area contributed by atoms with Crippen LogP contribution in [-0.4, -0.2) is 19.9 Å². The lowest BCUT2D eigenvalue weighted by Crippen LogP contribution is -2.08. The van der Waals surface area contributed by atoms with Crippen LogP contribution in [-0.2, 0) is 0 Å². The summed E-state index contributed by atoms with van der Waals surface area (Å²) in [5.74, 6) is 2.58. The summed E-state index contributed by atoms with van der Waals surface area (Å²) in [6, 6.07) is 2.14. The quantitative estimate of drug-likeness (QED) is 0.754. The Labute approximate surface area is 110 Å². The van der Waals surface area contributed by atoms with Crippen molar-refractivity contribution in [2.24, 2.45) is 0 Å². The predicted octanol–water partition coefficient (Wildman–Crippen LogP) is 2.74. The molecule has 0 bridgehead atoms. The summed E-state index contributed by atoms with van der Waals surface area (Å²) in [7, 11) is 0. The van der Waals surface area contributed by atoms with Crippen LogP contribution in [0.2, 0.25) is 0 Å². The minimum atomic E-state index is 0.0962. The van der Waals surface area contributed by atoms with E-state index < -0.39 is 0 Å². The van der Waals surface area contributed by atoms with E-state index >= 15 is 0 Å².